The maximum atomic E-state index is 13.6. The van der Waals surface area contributed by atoms with E-state index in [9.17, 15) is 14.4 Å². The summed E-state index contributed by atoms with van der Waals surface area (Å²) >= 11 is 1.65. The summed E-state index contributed by atoms with van der Waals surface area (Å²) in [7, 11) is 1.38. The van der Waals surface area contributed by atoms with Crippen LogP contribution in [-0.4, -0.2) is 48.4 Å². The molecule has 216 valence electrons. The number of carbonyl (C=O) groups excluding carboxylic acids is 3. The number of carbonyl (C=O) groups is 3. The fourth-order valence-electron chi connectivity index (χ4n) is 4.62. The first-order valence-corrected chi connectivity index (χ1v) is 14.7. The lowest BCUT2D eigenvalue weighted by molar-refractivity contribution is -0.150. The molecule has 4 rings (SSSR count). The highest BCUT2D eigenvalue weighted by molar-refractivity contribution is 8.00. The summed E-state index contributed by atoms with van der Waals surface area (Å²) in [5, 5.41) is 6.07. The summed E-state index contributed by atoms with van der Waals surface area (Å²) in [4.78, 5) is 38.4. The van der Waals surface area contributed by atoms with E-state index in [-0.39, 0.29) is 29.9 Å². The summed E-state index contributed by atoms with van der Waals surface area (Å²) in [6.07, 6.45) is -0.407. The van der Waals surface area contributed by atoms with Crippen molar-refractivity contribution in [1.29, 1.82) is 0 Å². The third-order valence-corrected chi connectivity index (χ3v) is 8.43. The molecule has 0 spiro atoms. The minimum atomic E-state index is -0.932. The zero-order valence-electron chi connectivity index (χ0n) is 23.2. The van der Waals surface area contributed by atoms with E-state index in [0.29, 0.717) is 18.6 Å². The normalized spacial score (nSPS) is 17.8. The van der Waals surface area contributed by atoms with E-state index >= 15 is 0 Å². The van der Waals surface area contributed by atoms with Gasteiger partial charge in [-0.2, -0.15) is 0 Å². The van der Waals surface area contributed by atoms with Crippen LogP contribution in [-0.2, 0) is 30.4 Å². The number of hydrogen-bond donors (Lipinski definition) is 2. The Morgan fingerprint density at radius 1 is 0.902 bits per heavy atom. The predicted octanol–water partition coefficient (Wildman–Crippen LogP) is 5.23. The van der Waals surface area contributed by atoms with Crippen molar-refractivity contribution in [2.24, 2.45) is 5.92 Å². The van der Waals surface area contributed by atoms with Crippen LogP contribution >= 0.6 is 11.8 Å². The fraction of sp³-hybridized carbons (Fsp3) is 0.344. The topological polar surface area (TPSA) is 103 Å². The van der Waals surface area contributed by atoms with Gasteiger partial charge in [0, 0.05) is 5.75 Å². The molecular formula is C32H36N2O6S. The van der Waals surface area contributed by atoms with Gasteiger partial charge in [-0.25, -0.2) is 9.59 Å². The molecule has 0 aliphatic carbocycles. The van der Waals surface area contributed by atoms with Crippen molar-refractivity contribution in [3.05, 3.63) is 108 Å². The highest BCUT2D eigenvalue weighted by atomic mass is 32.2. The second-order valence-electron chi connectivity index (χ2n) is 9.95. The van der Waals surface area contributed by atoms with Gasteiger partial charge < -0.3 is 19.5 Å². The van der Waals surface area contributed by atoms with E-state index in [1.54, 1.807) is 11.8 Å². The zero-order valence-corrected chi connectivity index (χ0v) is 24.0. The van der Waals surface area contributed by atoms with Crippen LogP contribution in [0.3, 0.4) is 0 Å². The van der Waals surface area contributed by atoms with E-state index in [0.717, 1.165) is 16.7 Å². The Balaban J connectivity index is 1.45. The van der Waals surface area contributed by atoms with Crippen LogP contribution in [0.2, 0.25) is 0 Å². The van der Waals surface area contributed by atoms with Crippen LogP contribution in [0.5, 0.6) is 0 Å². The van der Waals surface area contributed by atoms with Crippen molar-refractivity contribution >= 4 is 29.8 Å². The van der Waals surface area contributed by atoms with E-state index in [1.165, 1.54) is 7.11 Å². The third kappa shape index (κ3) is 8.83. The van der Waals surface area contributed by atoms with E-state index in [2.05, 4.69) is 17.6 Å². The maximum Gasteiger partial charge on any atom is 0.408 e. The molecule has 1 saturated heterocycles. The van der Waals surface area contributed by atoms with Gasteiger partial charge in [0.1, 0.15) is 18.7 Å². The first-order chi connectivity index (χ1) is 19.9. The number of hydrogen-bond acceptors (Lipinski definition) is 8. The monoisotopic (exact) mass is 576 g/mol. The molecule has 8 nitrogen and oxygen atoms in total. The lowest BCUT2D eigenvalue weighted by Gasteiger charge is -2.25. The maximum absolute atomic E-state index is 13.6. The molecule has 1 aliphatic rings. The third-order valence-electron chi connectivity index (χ3n) is 6.95. The number of esters is 2. The zero-order chi connectivity index (χ0) is 29.0. The Labute approximate surface area is 245 Å². The van der Waals surface area contributed by atoms with Crippen molar-refractivity contribution in [1.82, 2.24) is 10.6 Å². The van der Waals surface area contributed by atoms with Crippen molar-refractivity contribution < 1.29 is 28.6 Å². The molecule has 1 fully saturated rings. The minimum Gasteiger partial charge on any atom is -0.468 e. The Kier molecular flexibility index (Phi) is 11.2. The molecule has 0 radical (unpaired) electrons. The number of rotatable bonds is 12. The van der Waals surface area contributed by atoms with E-state index in [4.69, 9.17) is 14.2 Å². The molecule has 3 aromatic carbocycles. The number of amides is 1. The largest absolute Gasteiger partial charge is 0.468 e. The number of thioether (sulfide) groups is 1. The van der Waals surface area contributed by atoms with Crippen molar-refractivity contribution in [3.8, 4) is 0 Å². The van der Waals surface area contributed by atoms with Gasteiger partial charge in [0.2, 0.25) is 0 Å². The summed E-state index contributed by atoms with van der Waals surface area (Å²) < 4.78 is 16.4. The van der Waals surface area contributed by atoms with Crippen LogP contribution in [0.25, 0.3) is 0 Å². The molecular weight excluding hydrogens is 540 g/mol. The fourth-order valence-corrected chi connectivity index (χ4v) is 5.98. The molecule has 0 aromatic heterocycles. The number of alkyl carbamates (subject to hydrolysis) is 1. The van der Waals surface area contributed by atoms with E-state index < -0.39 is 24.2 Å². The van der Waals surface area contributed by atoms with Gasteiger partial charge in [-0.05, 0) is 35.4 Å². The Bertz CT molecular complexity index is 1220. The SMILES string of the molecule is COC(=O)[C@@H]1CS[C@@H]([C@@H](C)CC[C@@H](NC(=O)OCc2ccccc2)C(=O)OC(c2ccccc2)c2ccccc2)N1. The summed E-state index contributed by atoms with van der Waals surface area (Å²) in [5.41, 5.74) is 2.49. The molecule has 3 aromatic rings. The van der Waals surface area contributed by atoms with Crippen molar-refractivity contribution in [2.75, 3.05) is 12.9 Å². The van der Waals surface area contributed by atoms with Gasteiger partial charge >= 0.3 is 18.0 Å². The van der Waals surface area contributed by atoms with Gasteiger partial charge in [0.15, 0.2) is 6.10 Å². The summed E-state index contributed by atoms with van der Waals surface area (Å²) in [6.45, 7) is 2.14. The Morgan fingerprint density at radius 3 is 2.07 bits per heavy atom. The molecule has 41 heavy (non-hydrogen) atoms. The highest BCUT2D eigenvalue weighted by Gasteiger charge is 2.34. The standard InChI is InChI=1S/C32H36N2O6S/c1-22(29-33-27(21-41-29)30(35)38-2)18-19-26(34-32(37)39-20-23-12-6-3-7-13-23)31(36)40-28(24-14-8-4-9-15-24)25-16-10-5-11-17-25/h3-17,22,26-29,33H,18-21H2,1-2H3,(H,34,37)/t22-,26+,27-,29-/m0/s1. The van der Waals surface area contributed by atoms with Gasteiger partial charge in [0.25, 0.3) is 0 Å². The first-order valence-electron chi connectivity index (χ1n) is 13.7. The van der Waals surface area contributed by atoms with E-state index in [1.807, 2.05) is 91.0 Å². The van der Waals surface area contributed by atoms with Crippen LogP contribution in [0.15, 0.2) is 91.0 Å². The molecule has 0 bridgehead atoms. The molecule has 0 unspecified atom stereocenters. The number of methoxy groups -OCH3 is 1. The van der Waals surface area contributed by atoms with Crippen LogP contribution < -0.4 is 10.6 Å². The smallest absolute Gasteiger partial charge is 0.408 e. The molecule has 1 heterocycles. The summed E-state index contributed by atoms with van der Waals surface area (Å²) in [5.74, 6) is -0.117. The minimum absolute atomic E-state index is 0.0159. The molecule has 1 amide bonds. The molecule has 4 atom stereocenters. The predicted molar refractivity (Wildman–Crippen MR) is 158 cm³/mol. The lowest BCUT2D eigenvalue weighted by atomic mass is 9.99. The average Bonchev–Trinajstić information content (AvgIpc) is 3.52. The number of ether oxygens (including phenoxy) is 3. The van der Waals surface area contributed by atoms with Crippen LogP contribution in [0, 0.1) is 5.92 Å². The van der Waals surface area contributed by atoms with Crippen LogP contribution in [0.4, 0.5) is 4.79 Å². The quantitative estimate of drug-likeness (QED) is 0.223. The van der Waals surface area contributed by atoms with Crippen molar-refractivity contribution in [2.45, 2.75) is 49.9 Å². The molecule has 9 heteroatoms. The second kappa shape index (κ2) is 15.3. The second-order valence-corrected chi connectivity index (χ2v) is 11.1. The number of benzene rings is 3. The Morgan fingerprint density at radius 2 is 1.49 bits per heavy atom. The van der Waals surface area contributed by atoms with Gasteiger partial charge in [0.05, 0.1) is 12.5 Å². The first kappa shape index (κ1) is 30.1. The Hall–Kier alpha value is -3.82. The van der Waals surface area contributed by atoms with Crippen molar-refractivity contribution in [3.63, 3.8) is 0 Å². The molecule has 2 N–H and O–H groups in total. The number of nitrogens with one attached hydrogen (secondary N) is 2. The van der Waals surface area contributed by atoms with Gasteiger partial charge in [-0.15, -0.1) is 11.8 Å². The van der Waals surface area contributed by atoms with Crippen LogP contribution in [0.1, 0.15) is 42.6 Å². The molecule has 0 saturated carbocycles. The molecule has 1 aliphatic heterocycles. The van der Waals surface area contributed by atoms with Gasteiger partial charge in [-0.3, -0.25) is 10.1 Å². The summed E-state index contributed by atoms with van der Waals surface area (Å²) in [6, 6.07) is 27.1. The average molecular weight is 577 g/mol. The van der Waals surface area contributed by atoms with Gasteiger partial charge in [-0.1, -0.05) is 97.9 Å². The highest BCUT2D eigenvalue weighted by Crippen LogP contribution is 2.30. The lowest BCUT2D eigenvalue weighted by Crippen LogP contribution is -2.43.